The molecule has 0 N–H and O–H groups in total. The molecule has 118 valence electrons. The van der Waals surface area contributed by atoms with Crippen LogP contribution in [0, 0.1) is 5.92 Å². The Morgan fingerprint density at radius 2 is 2.00 bits per heavy atom. The van der Waals surface area contributed by atoms with Crippen molar-refractivity contribution in [3.8, 4) is 5.75 Å². The highest BCUT2D eigenvalue weighted by Gasteiger charge is 2.35. The van der Waals surface area contributed by atoms with Crippen LogP contribution in [-0.4, -0.2) is 30.4 Å². The molecule has 3 rings (SSSR count). The summed E-state index contributed by atoms with van der Waals surface area (Å²) in [4.78, 5) is 2.32. The van der Waals surface area contributed by atoms with E-state index < -0.39 is 0 Å². The van der Waals surface area contributed by atoms with Gasteiger partial charge in [-0.25, -0.2) is 0 Å². The second-order valence-corrected chi connectivity index (χ2v) is 6.03. The van der Waals surface area contributed by atoms with Gasteiger partial charge in [0.15, 0.2) is 0 Å². The molecule has 2 atom stereocenters. The molecule has 1 fully saturated rings. The van der Waals surface area contributed by atoms with Crippen molar-refractivity contribution >= 4 is 0 Å². The van der Waals surface area contributed by atoms with Crippen molar-refractivity contribution in [1.29, 1.82) is 0 Å². The lowest BCUT2D eigenvalue weighted by atomic mass is 10.2. The molecule has 0 radical (unpaired) electrons. The number of benzene rings is 1. The number of furan rings is 1. The van der Waals surface area contributed by atoms with Crippen molar-refractivity contribution in [3.05, 3.63) is 54.5 Å². The fourth-order valence-corrected chi connectivity index (χ4v) is 2.83. The predicted molar refractivity (Wildman–Crippen MR) is 84.6 cm³/mol. The van der Waals surface area contributed by atoms with E-state index in [1.807, 2.05) is 42.5 Å². The van der Waals surface area contributed by atoms with Crippen molar-refractivity contribution < 1.29 is 13.9 Å². The Balaban J connectivity index is 1.58. The van der Waals surface area contributed by atoms with Gasteiger partial charge >= 0.3 is 0 Å². The summed E-state index contributed by atoms with van der Waals surface area (Å²) in [5.74, 6) is 2.28. The van der Waals surface area contributed by atoms with Crippen LogP contribution in [0.3, 0.4) is 0 Å². The molecule has 4 nitrogen and oxygen atoms in total. The van der Waals surface area contributed by atoms with Gasteiger partial charge in [0.25, 0.3) is 0 Å². The number of nitrogens with zero attached hydrogens (tertiary/aromatic N) is 1. The molecule has 0 unspecified atom stereocenters. The van der Waals surface area contributed by atoms with Crippen LogP contribution in [0.4, 0.5) is 0 Å². The van der Waals surface area contributed by atoms with E-state index in [0.717, 1.165) is 24.6 Å². The van der Waals surface area contributed by atoms with Gasteiger partial charge in [-0.2, -0.15) is 0 Å². The van der Waals surface area contributed by atoms with Crippen LogP contribution in [0.1, 0.15) is 19.6 Å². The lowest BCUT2D eigenvalue weighted by molar-refractivity contribution is -0.0442. The van der Waals surface area contributed by atoms with E-state index in [1.54, 1.807) is 6.26 Å². The van der Waals surface area contributed by atoms with Gasteiger partial charge in [-0.15, -0.1) is 0 Å². The summed E-state index contributed by atoms with van der Waals surface area (Å²) in [7, 11) is 0. The molecule has 0 bridgehead atoms. The maximum Gasteiger partial charge on any atom is 0.119 e. The number of rotatable bonds is 6. The molecule has 0 spiro atoms. The van der Waals surface area contributed by atoms with E-state index in [0.29, 0.717) is 12.5 Å². The third kappa shape index (κ3) is 3.70. The van der Waals surface area contributed by atoms with Gasteiger partial charge in [-0.3, -0.25) is 4.90 Å². The van der Waals surface area contributed by atoms with Gasteiger partial charge in [0.2, 0.25) is 0 Å². The molecule has 2 aromatic rings. The number of hydrogen-bond donors (Lipinski definition) is 0. The standard InChI is InChI=1S/C18H23NO3/c1-14(2)18-19(11-16-9-6-10-20-16)12-17(22-18)13-21-15-7-4-3-5-8-15/h3-10,14,17-18H,11-13H2,1-2H3/t17-,18-/m0/s1. The van der Waals surface area contributed by atoms with E-state index in [-0.39, 0.29) is 12.3 Å². The molecule has 0 saturated carbocycles. The third-order valence-electron chi connectivity index (χ3n) is 3.82. The lowest BCUT2D eigenvalue weighted by Crippen LogP contribution is -2.33. The second-order valence-electron chi connectivity index (χ2n) is 6.03. The van der Waals surface area contributed by atoms with Gasteiger partial charge in [0.05, 0.1) is 12.8 Å². The van der Waals surface area contributed by atoms with Gasteiger partial charge in [-0.05, 0) is 30.2 Å². The van der Waals surface area contributed by atoms with Crippen LogP contribution < -0.4 is 4.74 Å². The first-order chi connectivity index (χ1) is 10.7. The van der Waals surface area contributed by atoms with Crippen molar-refractivity contribution in [2.24, 2.45) is 5.92 Å². The number of para-hydroxylation sites is 1. The molecular weight excluding hydrogens is 278 g/mol. The molecule has 1 aromatic carbocycles. The molecule has 1 aliphatic rings. The average molecular weight is 301 g/mol. The van der Waals surface area contributed by atoms with Crippen LogP contribution in [0.15, 0.2) is 53.1 Å². The second kappa shape index (κ2) is 6.99. The highest BCUT2D eigenvalue weighted by Crippen LogP contribution is 2.25. The molecule has 4 heteroatoms. The van der Waals surface area contributed by atoms with E-state index in [9.17, 15) is 0 Å². The van der Waals surface area contributed by atoms with Crippen LogP contribution in [-0.2, 0) is 11.3 Å². The Morgan fingerprint density at radius 1 is 1.18 bits per heavy atom. The summed E-state index contributed by atoms with van der Waals surface area (Å²) in [6.45, 7) is 6.57. The molecule has 0 aliphatic carbocycles. The quantitative estimate of drug-likeness (QED) is 0.817. The van der Waals surface area contributed by atoms with E-state index in [2.05, 4.69) is 18.7 Å². The normalized spacial score (nSPS) is 22.3. The van der Waals surface area contributed by atoms with Crippen LogP contribution in [0.2, 0.25) is 0 Å². The van der Waals surface area contributed by atoms with Crippen molar-refractivity contribution in [3.63, 3.8) is 0 Å². The van der Waals surface area contributed by atoms with Crippen LogP contribution >= 0.6 is 0 Å². The minimum Gasteiger partial charge on any atom is -0.491 e. The predicted octanol–water partition coefficient (Wildman–Crippen LogP) is 3.54. The Hall–Kier alpha value is -1.78. The summed E-state index contributed by atoms with van der Waals surface area (Å²) < 4.78 is 17.5. The third-order valence-corrected chi connectivity index (χ3v) is 3.82. The Morgan fingerprint density at radius 3 is 2.68 bits per heavy atom. The summed E-state index contributed by atoms with van der Waals surface area (Å²) in [5.41, 5.74) is 0. The maximum atomic E-state index is 6.17. The minimum atomic E-state index is 0.0857. The highest BCUT2D eigenvalue weighted by atomic mass is 16.6. The molecule has 22 heavy (non-hydrogen) atoms. The zero-order valence-electron chi connectivity index (χ0n) is 13.1. The first-order valence-electron chi connectivity index (χ1n) is 7.82. The zero-order chi connectivity index (χ0) is 15.4. The van der Waals surface area contributed by atoms with Gasteiger partial charge in [-0.1, -0.05) is 32.0 Å². The fourth-order valence-electron chi connectivity index (χ4n) is 2.83. The molecule has 0 amide bonds. The first kappa shape index (κ1) is 15.1. The van der Waals surface area contributed by atoms with Crippen molar-refractivity contribution in [2.75, 3.05) is 13.2 Å². The lowest BCUT2D eigenvalue weighted by Gasteiger charge is -2.24. The summed E-state index contributed by atoms with van der Waals surface area (Å²) in [6, 6.07) is 13.8. The molecule has 1 saturated heterocycles. The average Bonchev–Trinajstić information content (AvgIpc) is 3.16. The van der Waals surface area contributed by atoms with E-state index in [4.69, 9.17) is 13.9 Å². The topological polar surface area (TPSA) is 34.8 Å². The van der Waals surface area contributed by atoms with E-state index in [1.165, 1.54) is 0 Å². The van der Waals surface area contributed by atoms with Crippen molar-refractivity contribution in [2.45, 2.75) is 32.7 Å². The number of hydrogen-bond acceptors (Lipinski definition) is 4. The summed E-state index contributed by atoms with van der Waals surface area (Å²) in [5, 5.41) is 0. The SMILES string of the molecule is CC(C)[C@@H]1O[C@H](COc2ccccc2)CN1Cc1ccco1. The molecular formula is C18H23NO3. The Bertz CT molecular complexity index is 553. The Labute approximate surface area is 131 Å². The van der Waals surface area contributed by atoms with Gasteiger partial charge in [0.1, 0.15) is 30.4 Å². The fraction of sp³-hybridized carbons (Fsp3) is 0.444. The zero-order valence-corrected chi connectivity index (χ0v) is 13.1. The maximum absolute atomic E-state index is 6.17. The largest absolute Gasteiger partial charge is 0.491 e. The monoisotopic (exact) mass is 301 g/mol. The molecule has 2 heterocycles. The van der Waals surface area contributed by atoms with E-state index >= 15 is 0 Å². The molecule has 1 aliphatic heterocycles. The van der Waals surface area contributed by atoms with Crippen LogP contribution in [0.25, 0.3) is 0 Å². The van der Waals surface area contributed by atoms with Gasteiger partial charge in [0, 0.05) is 6.54 Å². The van der Waals surface area contributed by atoms with Crippen molar-refractivity contribution in [1.82, 2.24) is 4.90 Å². The minimum absolute atomic E-state index is 0.0857. The van der Waals surface area contributed by atoms with Gasteiger partial charge < -0.3 is 13.9 Å². The molecule has 1 aromatic heterocycles. The smallest absolute Gasteiger partial charge is 0.119 e. The van der Waals surface area contributed by atoms with Crippen LogP contribution in [0.5, 0.6) is 5.75 Å². The number of ether oxygens (including phenoxy) is 2. The first-order valence-corrected chi connectivity index (χ1v) is 7.82. The summed E-state index contributed by atoms with van der Waals surface area (Å²) >= 11 is 0. The highest BCUT2D eigenvalue weighted by molar-refractivity contribution is 5.20. The Kier molecular flexibility index (Phi) is 4.80. The summed E-state index contributed by atoms with van der Waals surface area (Å²) in [6.07, 6.45) is 1.91.